The van der Waals surface area contributed by atoms with Gasteiger partial charge in [-0.15, -0.1) is 0 Å². The van der Waals surface area contributed by atoms with Crippen LogP contribution in [0, 0.1) is 11.8 Å². The van der Waals surface area contributed by atoms with E-state index in [2.05, 4.69) is 48.5 Å². The van der Waals surface area contributed by atoms with E-state index in [1.807, 2.05) is 7.11 Å². The van der Waals surface area contributed by atoms with Crippen molar-refractivity contribution in [2.45, 2.75) is 78.4 Å². The number of rotatable bonds is 7. The largest absolute Gasteiger partial charge is 0.419 e. The van der Waals surface area contributed by atoms with Gasteiger partial charge in [-0.25, -0.2) is 0 Å². The Morgan fingerprint density at radius 2 is 1.24 bits per heavy atom. The minimum Gasteiger partial charge on any atom is -0.419 e. The second kappa shape index (κ2) is 6.94. The van der Waals surface area contributed by atoms with Gasteiger partial charge in [0.25, 0.3) is 0 Å². The van der Waals surface area contributed by atoms with Crippen molar-refractivity contribution in [1.29, 1.82) is 0 Å². The van der Waals surface area contributed by atoms with Crippen LogP contribution in [0.2, 0.25) is 17.1 Å². The molecule has 1 nitrogen and oxygen atoms in total. The van der Waals surface area contributed by atoms with Gasteiger partial charge in [0.1, 0.15) is 0 Å². The smallest absolute Gasteiger partial charge is 0.197 e. The zero-order valence-corrected chi connectivity index (χ0v) is 14.4. The van der Waals surface area contributed by atoms with Crippen LogP contribution in [-0.2, 0) is 4.43 Å². The third-order valence-corrected chi connectivity index (χ3v) is 9.72. The van der Waals surface area contributed by atoms with Crippen molar-refractivity contribution in [3.8, 4) is 0 Å². The first-order valence-electron chi connectivity index (χ1n) is 7.20. The molecule has 0 unspecified atom stereocenters. The Balaban J connectivity index is 4.76. The molecule has 0 fully saturated rings. The summed E-state index contributed by atoms with van der Waals surface area (Å²) in [5.41, 5.74) is 0. The van der Waals surface area contributed by atoms with Gasteiger partial charge >= 0.3 is 0 Å². The highest BCUT2D eigenvalue weighted by Crippen LogP contribution is 2.44. The molecule has 0 aromatic heterocycles. The summed E-state index contributed by atoms with van der Waals surface area (Å²) in [6.07, 6.45) is 2.63. The van der Waals surface area contributed by atoms with Gasteiger partial charge in [-0.1, -0.05) is 61.3 Å². The molecule has 0 bridgehead atoms. The van der Waals surface area contributed by atoms with Crippen molar-refractivity contribution in [1.82, 2.24) is 0 Å². The van der Waals surface area contributed by atoms with Gasteiger partial charge in [0.2, 0.25) is 0 Å². The molecule has 0 aliphatic heterocycles. The molecule has 0 radical (unpaired) electrons. The molecule has 0 saturated carbocycles. The third kappa shape index (κ3) is 5.56. The minimum absolute atomic E-state index is 0.353. The van der Waals surface area contributed by atoms with Gasteiger partial charge in [-0.05, 0) is 29.0 Å². The van der Waals surface area contributed by atoms with Crippen molar-refractivity contribution >= 4 is 8.32 Å². The zero-order valence-electron chi connectivity index (χ0n) is 13.4. The lowest BCUT2D eigenvalue weighted by molar-refractivity contribution is 0.347. The Kier molecular flexibility index (Phi) is 7.01. The van der Waals surface area contributed by atoms with Gasteiger partial charge in [0.05, 0.1) is 0 Å². The first kappa shape index (κ1) is 17.2. The van der Waals surface area contributed by atoms with E-state index >= 15 is 0 Å². The SMILES string of the molecule is CO[Si](CCC(C)C)(CCC(C)C)C(C)(C)C. The van der Waals surface area contributed by atoms with Crippen LogP contribution in [0.15, 0.2) is 0 Å². The predicted molar refractivity (Wildman–Crippen MR) is 81.0 cm³/mol. The van der Waals surface area contributed by atoms with E-state index in [0.717, 1.165) is 11.8 Å². The average Bonchev–Trinajstić information content (AvgIpc) is 2.15. The van der Waals surface area contributed by atoms with Crippen LogP contribution in [0.3, 0.4) is 0 Å². The minimum atomic E-state index is -1.60. The lowest BCUT2D eigenvalue weighted by atomic mass is 10.2. The molecule has 104 valence electrons. The van der Waals surface area contributed by atoms with Crippen LogP contribution in [0.1, 0.15) is 61.3 Å². The van der Waals surface area contributed by atoms with Crippen LogP contribution in [0.25, 0.3) is 0 Å². The van der Waals surface area contributed by atoms with Gasteiger partial charge < -0.3 is 4.43 Å². The molecule has 17 heavy (non-hydrogen) atoms. The Morgan fingerprint density at radius 3 is 1.41 bits per heavy atom. The third-order valence-electron chi connectivity index (χ3n) is 4.01. The molecule has 0 aromatic carbocycles. The molecule has 2 heteroatoms. The predicted octanol–water partition coefficient (Wildman–Crippen LogP) is 5.47. The zero-order chi connectivity index (χ0) is 13.7. The van der Waals surface area contributed by atoms with Crippen molar-refractivity contribution in [2.24, 2.45) is 11.8 Å². The number of hydrogen-bond acceptors (Lipinski definition) is 1. The van der Waals surface area contributed by atoms with Crippen molar-refractivity contribution in [3.63, 3.8) is 0 Å². The summed E-state index contributed by atoms with van der Waals surface area (Å²) in [6.45, 7) is 16.4. The Morgan fingerprint density at radius 1 is 0.882 bits per heavy atom. The highest BCUT2D eigenvalue weighted by Gasteiger charge is 2.44. The molecule has 0 heterocycles. The van der Waals surface area contributed by atoms with E-state index in [-0.39, 0.29) is 0 Å². The van der Waals surface area contributed by atoms with Crippen LogP contribution >= 0.6 is 0 Å². The van der Waals surface area contributed by atoms with E-state index in [9.17, 15) is 0 Å². The van der Waals surface area contributed by atoms with Crippen LogP contribution < -0.4 is 0 Å². The van der Waals surface area contributed by atoms with E-state index in [1.54, 1.807) is 0 Å². The molecule has 0 amide bonds. The summed E-state index contributed by atoms with van der Waals surface area (Å²) in [5, 5.41) is 0.353. The molecule has 0 aliphatic rings. The molecule has 0 aromatic rings. The highest BCUT2D eigenvalue weighted by atomic mass is 28.4. The number of hydrogen-bond donors (Lipinski definition) is 0. The van der Waals surface area contributed by atoms with Crippen molar-refractivity contribution in [2.75, 3.05) is 7.11 Å². The maximum absolute atomic E-state index is 6.14. The highest BCUT2D eigenvalue weighted by molar-refractivity contribution is 6.76. The molecule has 0 atom stereocenters. The summed E-state index contributed by atoms with van der Waals surface area (Å²) < 4.78 is 6.14. The van der Waals surface area contributed by atoms with E-state index in [0.29, 0.717) is 5.04 Å². The molecule has 0 aliphatic carbocycles. The first-order valence-corrected chi connectivity index (χ1v) is 9.52. The molecular weight excluding hydrogens is 224 g/mol. The summed E-state index contributed by atoms with van der Waals surface area (Å²) in [4.78, 5) is 0. The first-order chi connectivity index (χ1) is 7.64. The second-order valence-electron chi connectivity index (χ2n) is 7.31. The van der Waals surface area contributed by atoms with Crippen molar-refractivity contribution in [3.05, 3.63) is 0 Å². The standard InChI is InChI=1S/C15H34OSi/c1-13(2)9-11-17(16-8,15(5,6)7)12-10-14(3)4/h13-14H,9-12H2,1-8H3. The Hall–Kier alpha value is 0.177. The maximum Gasteiger partial charge on any atom is 0.197 e. The van der Waals surface area contributed by atoms with Gasteiger partial charge in [0.15, 0.2) is 8.32 Å². The van der Waals surface area contributed by atoms with Gasteiger partial charge in [-0.2, -0.15) is 0 Å². The normalized spacial score (nSPS) is 13.8. The fraction of sp³-hybridized carbons (Fsp3) is 1.00. The van der Waals surface area contributed by atoms with E-state index in [1.165, 1.54) is 24.9 Å². The molecule has 0 spiro atoms. The summed E-state index contributed by atoms with van der Waals surface area (Å²) >= 11 is 0. The lowest BCUT2D eigenvalue weighted by Crippen LogP contribution is -2.46. The monoisotopic (exact) mass is 258 g/mol. The summed E-state index contributed by atoms with van der Waals surface area (Å²) in [6, 6.07) is 2.63. The average molecular weight is 259 g/mol. The Labute approximate surface area is 110 Å². The Bertz CT molecular complexity index is 191. The van der Waals surface area contributed by atoms with Crippen LogP contribution in [-0.4, -0.2) is 15.4 Å². The van der Waals surface area contributed by atoms with Gasteiger partial charge in [-0.3, -0.25) is 0 Å². The molecule has 0 rings (SSSR count). The quantitative estimate of drug-likeness (QED) is 0.550. The van der Waals surface area contributed by atoms with E-state index < -0.39 is 8.32 Å². The maximum atomic E-state index is 6.14. The summed E-state index contributed by atoms with van der Waals surface area (Å²) in [7, 11) is 0.360. The van der Waals surface area contributed by atoms with Crippen LogP contribution in [0.4, 0.5) is 0 Å². The van der Waals surface area contributed by atoms with Gasteiger partial charge in [0, 0.05) is 7.11 Å². The molecular formula is C15H34OSi. The second-order valence-corrected chi connectivity index (χ2v) is 12.2. The fourth-order valence-electron chi connectivity index (χ4n) is 2.43. The van der Waals surface area contributed by atoms with Crippen LogP contribution in [0.5, 0.6) is 0 Å². The van der Waals surface area contributed by atoms with Crippen molar-refractivity contribution < 1.29 is 4.43 Å². The molecule has 0 saturated heterocycles. The summed E-state index contributed by atoms with van der Waals surface area (Å²) in [5.74, 6) is 1.58. The molecule has 0 N–H and O–H groups in total. The fourth-order valence-corrected chi connectivity index (χ4v) is 7.29. The van der Waals surface area contributed by atoms with E-state index in [4.69, 9.17) is 4.43 Å². The topological polar surface area (TPSA) is 9.23 Å². The lowest BCUT2D eigenvalue weighted by Gasteiger charge is -2.42.